The fourth-order valence-electron chi connectivity index (χ4n) is 2.58. The van der Waals surface area contributed by atoms with Crippen LogP contribution in [0.5, 0.6) is 11.5 Å². The molecule has 0 atom stereocenters. The first kappa shape index (κ1) is 15.1. The average Bonchev–Trinajstić information content (AvgIpc) is 2.62. The number of ether oxygens (including phenoxy) is 1. The van der Waals surface area contributed by atoms with Gasteiger partial charge in [0, 0.05) is 11.6 Å². The molecule has 1 aromatic heterocycles. The van der Waals surface area contributed by atoms with Gasteiger partial charge in [-0.3, -0.25) is 9.91 Å². The Morgan fingerprint density at radius 1 is 1.13 bits per heavy atom. The third kappa shape index (κ3) is 3.53. The van der Waals surface area contributed by atoms with Crippen LogP contribution >= 0.6 is 0 Å². The maximum atomic E-state index is 10.1. The van der Waals surface area contributed by atoms with Crippen LogP contribution in [0.15, 0.2) is 47.7 Å². The van der Waals surface area contributed by atoms with E-state index in [0.29, 0.717) is 11.3 Å². The second-order valence-corrected chi connectivity index (χ2v) is 5.33. The third-order valence-electron chi connectivity index (χ3n) is 3.90. The molecule has 6 heteroatoms. The summed E-state index contributed by atoms with van der Waals surface area (Å²) in [7, 11) is 1.54. The normalized spacial score (nSPS) is 15.2. The van der Waals surface area contributed by atoms with E-state index in [1.807, 2.05) is 35.5 Å². The number of H-pyrrole nitrogens is 1. The third-order valence-corrected chi connectivity index (χ3v) is 3.90. The molecule has 0 unspecified atom stereocenters. The SMILES string of the molecule is COc1cccc(C=NN2CCN(c3cccc[nH+]3)CC2)c1O. The molecule has 23 heavy (non-hydrogen) atoms. The number of aromatic amines is 1. The zero-order valence-corrected chi connectivity index (χ0v) is 13.1. The zero-order valence-electron chi connectivity index (χ0n) is 13.1. The van der Waals surface area contributed by atoms with E-state index >= 15 is 0 Å². The molecule has 1 fully saturated rings. The smallest absolute Gasteiger partial charge is 0.274 e. The molecule has 0 amide bonds. The zero-order chi connectivity index (χ0) is 16.1. The van der Waals surface area contributed by atoms with Crippen LogP contribution in [0.2, 0.25) is 0 Å². The van der Waals surface area contributed by atoms with E-state index in [2.05, 4.69) is 21.1 Å². The first-order valence-electron chi connectivity index (χ1n) is 7.64. The van der Waals surface area contributed by atoms with Gasteiger partial charge in [0.25, 0.3) is 5.82 Å². The number of aromatic nitrogens is 1. The first-order chi connectivity index (χ1) is 11.3. The lowest BCUT2D eigenvalue weighted by Crippen LogP contribution is -2.45. The number of phenolic OH excluding ortho intramolecular Hbond substituents is 1. The largest absolute Gasteiger partial charge is 0.504 e. The van der Waals surface area contributed by atoms with Crippen molar-refractivity contribution in [3.63, 3.8) is 0 Å². The maximum absolute atomic E-state index is 10.1. The Morgan fingerprint density at radius 2 is 1.96 bits per heavy atom. The first-order valence-corrected chi connectivity index (χ1v) is 7.64. The van der Waals surface area contributed by atoms with Gasteiger partial charge in [-0.25, -0.2) is 4.98 Å². The molecular weight excluding hydrogens is 292 g/mol. The molecule has 1 saturated heterocycles. The molecule has 0 bridgehead atoms. The van der Waals surface area contributed by atoms with Gasteiger partial charge in [0.05, 0.1) is 32.6 Å². The van der Waals surface area contributed by atoms with Crippen molar-refractivity contribution in [3.05, 3.63) is 48.2 Å². The lowest BCUT2D eigenvalue weighted by atomic mass is 10.2. The Labute approximate surface area is 135 Å². The van der Waals surface area contributed by atoms with Crippen molar-refractivity contribution < 1.29 is 14.8 Å². The van der Waals surface area contributed by atoms with E-state index < -0.39 is 0 Å². The van der Waals surface area contributed by atoms with Gasteiger partial charge < -0.3 is 9.84 Å². The van der Waals surface area contributed by atoms with Crippen molar-refractivity contribution in [2.75, 3.05) is 38.2 Å². The lowest BCUT2D eigenvalue weighted by molar-refractivity contribution is -0.364. The molecule has 0 radical (unpaired) electrons. The molecule has 1 aliphatic rings. The van der Waals surface area contributed by atoms with Crippen LogP contribution in [0.3, 0.4) is 0 Å². The molecule has 2 heterocycles. The van der Waals surface area contributed by atoms with Crippen LogP contribution in [0.4, 0.5) is 5.82 Å². The highest BCUT2D eigenvalue weighted by Gasteiger charge is 2.21. The van der Waals surface area contributed by atoms with Crippen LogP contribution in [0, 0.1) is 0 Å². The number of anilines is 1. The van der Waals surface area contributed by atoms with Gasteiger partial charge >= 0.3 is 0 Å². The Kier molecular flexibility index (Phi) is 4.61. The number of para-hydroxylation sites is 1. The summed E-state index contributed by atoms with van der Waals surface area (Å²) in [5, 5.41) is 16.5. The molecule has 3 rings (SSSR count). The number of nitrogens with one attached hydrogen (secondary N) is 1. The lowest BCUT2D eigenvalue weighted by Gasteiger charge is -2.28. The molecule has 2 aromatic rings. The van der Waals surface area contributed by atoms with Crippen LogP contribution in [0.25, 0.3) is 0 Å². The van der Waals surface area contributed by atoms with E-state index in [-0.39, 0.29) is 5.75 Å². The molecule has 1 aromatic carbocycles. The number of hydrazone groups is 1. The van der Waals surface area contributed by atoms with Crippen molar-refractivity contribution >= 4 is 12.0 Å². The Morgan fingerprint density at radius 3 is 2.65 bits per heavy atom. The van der Waals surface area contributed by atoms with Crippen LogP contribution < -0.4 is 14.6 Å². The summed E-state index contributed by atoms with van der Waals surface area (Å²) >= 11 is 0. The topological polar surface area (TPSA) is 62.4 Å². The molecule has 6 nitrogen and oxygen atoms in total. The van der Waals surface area contributed by atoms with Gasteiger partial charge in [-0.2, -0.15) is 5.10 Å². The predicted octanol–water partition coefficient (Wildman–Crippen LogP) is 1.37. The highest BCUT2D eigenvalue weighted by atomic mass is 16.5. The highest BCUT2D eigenvalue weighted by molar-refractivity contribution is 5.84. The molecule has 1 aliphatic heterocycles. The van der Waals surface area contributed by atoms with Gasteiger partial charge in [-0.1, -0.05) is 12.1 Å². The Balaban J connectivity index is 1.61. The second-order valence-electron chi connectivity index (χ2n) is 5.33. The van der Waals surface area contributed by atoms with Gasteiger partial charge in [-0.15, -0.1) is 0 Å². The van der Waals surface area contributed by atoms with E-state index in [0.717, 1.165) is 32.0 Å². The summed E-state index contributed by atoms with van der Waals surface area (Å²) in [4.78, 5) is 5.55. The number of rotatable bonds is 4. The summed E-state index contributed by atoms with van der Waals surface area (Å²) in [6, 6.07) is 11.5. The van der Waals surface area contributed by atoms with Crippen molar-refractivity contribution in [1.29, 1.82) is 0 Å². The minimum Gasteiger partial charge on any atom is -0.504 e. The minimum absolute atomic E-state index is 0.122. The number of hydrogen-bond acceptors (Lipinski definition) is 5. The van der Waals surface area contributed by atoms with Crippen molar-refractivity contribution in [2.45, 2.75) is 0 Å². The Hall–Kier alpha value is -2.76. The fourth-order valence-corrected chi connectivity index (χ4v) is 2.58. The summed E-state index contributed by atoms with van der Waals surface area (Å²) in [5.74, 6) is 1.70. The maximum Gasteiger partial charge on any atom is 0.274 e. The van der Waals surface area contributed by atoms with Crippen molar-refractivity contribution in [2.24, 2.45) is 5.10 Å². The summed E-state index contributed by atoms with van der Waals surface area (Å²) in [6.07, 6.45) is 3.62. The van der Waals surface area contributed by atoms with Crippen LogP contribution in [0.1, 0.15) is 5.56 Å². The van der Waals surface area contributed by atoms with E-state index in [9.17, 15) is 5.11 Å². The van der Waals surface area contributed by atoms with E-state index in [1.165, 1.54) is 7.11 Å². The van der Waals surface area contributed by atoms with Crippen LogP contribution in [-0.2, 0) is 0 Å². The van der Waals surface area contributed by atoms with Gasteiger partial charge in [-0.05, 0) is 18.2 Å². The Bertz CT molecular complexity index is 668. The van der Waals surface area contributed by atoms with Crippen molar-refractivity contribution in [1.82, 2.24) is 5.01 Å². The molecule has 0 saturated carbocycles. The monoisotopic (exact) mass is 313 g/mol. The number of pyridine rings is 1. The molecule has 0 spiro atoms. The number of benzene rings is 1. The number of nitrogens with zero attached hydrogens (tertiary/aromatic N) is 3. The number of phenols is 1. The fraction of sp³-hybridized carbons (Fsp3) is 0.294. The summed E-state index contributed by atoms with van der Waals surface area (Å²) in [6.45, 7) is 3.48. The van der Waals surface area contributed by atoms with Crippen LogP contribution in [-0.4, -0.2) is 49.6 Å². The number of aromatic hydroxyl groups is 1. The summed E-state index contributed by atoms with van der Waals surface area (Å²) < 4.78 is 5.11. The molecule has 120 valence electrons. The number of methoxy groups -OCH3 is 1. The molecule has 0 aliphatic carbocycles. The second kappa shape index (κ2) is 7.00. The quantitative estimate of drug-likeness (QED) is 0.866. The summed E-state index contributed by atoms with van der Waals surface area (Å²) in [5.41, 5.74) is 0.656. The average molecular weight is 313 g/mol. The van der Waals surface area contributed by atoms with E-state index in [4.69, 9.17) is 4.74 Å². The van der Waals surface area contributed by atoms with Crippen molar-refractivity contribution in [3.8, 4) is 11.5 Å². The van der Waals surface area contributed by atoms with Gasteiger partial charge in [0.15, 0.2) is 11.5 Å². The molecular formula is C17H21N4O2+. The van der Waals surface area contributed by atoms with Gasteiger partial charge in [0.1, 0.15) is 13.1 Å². The van der Waals surface area contributed by atoms with E-state index in [1.54, 1.807) is 12.3 Å². The number of hydrogen-bond donors (Lipinski definition) is 1. The number of piperazine rings is 1. The minimum atomic E-state index is 0.122. The predicted molar refractivity (Wildman–Crippen MR) is 89.0 cm³/mol. The molecule has 2 N–H and O–H groups in total. The highest BCUT2D eigenvalue weighted by Crippen LogP contribution is 2.28. The standard InChI is InChI=1S/C17H20N4O2/c1-23-15-6-4-5-14(17(15)22)13-19-21-11-9-20(10-12-21)16-7-2-3-8-18-16/h2-8,13,22H,9-12H2,1H3/p+1. The van der Waals surface area contributed by atoms with Gasteiger partial charge in [0.2, 0.25) is 0 Å².